The molecule has 0 saturated heterocycles. The van der Waals surface area contributed by atoms with Crippen LogP contribution in [0.3, 0.4) is 0 Å². The van der Waals surface area contributed by atoms with Crippen LogP contribution >= 0.6 is 0 Å². The lowest BCUT2D eigenvalue weighted by Gasteiger charge is -2.22. The predicted octanol–water partition coefficient (Wildman–Crippen LogP) is 23.3. The number of nitrogens with one attached hydrogen (secondary N) is 1. The minimum Gasteiger partial charge on any atom is -0.394 e. The Balaban J connectivity index is 3.44. The van der Waals surface area contributed by atoms with Crippen molar-refractivity contribution >= 4 is 5.91 Å². The molecular weight excluding hydrogens is 927 g/mol. The number of carbonyl (C=O) groups is 1. The smallest absolute Gasteiger partial charge is 0.220 e. The molecule has 0 aromatic rings. The second-order valence-corrected chi connectivity index (χ2v) is 23.2. The summed E-state index contributed by atoms with van der Waals surface area (Å²) in [6.07, 6.45) is 96.6. The minimum atomic E-state index is -0.665. The molecule has 0 aromatic heterocycles. The SMILES string of the molecule is CC/C=C\C/C=C\C/C=C\C/C=C\C/C=C\C/C=C\CCCCCCCCCCCCCCCCC(=O)NC(CO)C(O)CCCCCCCCCCCCCCCCCCCCCCCCCCCCCCCCC. The van der Waals surface area contributed by atoms with E-state index in [0.717, 1.165) is 64.2 Å². The molecule has 4 heteroatoms. The van der Waals surface area contributed by atoms with Crippen molar-refractivity contribution in [2.45, 2.75) is 373 Å². The Labute approximate surface area is 476 Å². The van der Waals surface area contributed by atoms with Gasteiger partial charge in [-0.05, 0) is 64.2 Å². The lowest BCUT2D eigenvalue weighted by atomic mass is 10.0. The third-order valence-electron chi connectivity index (χ3n) is 15.7. The highest BCUT2D eigenvalue weighted by molar-refractivity contribution is 5.76. The summed E-state index contributed by atoms with van der Waals surface area (Å²) in [5.74, 6) is -0.0288. The monoisotopic (exact) mass is 1060 g/mol. The number of aliphatic hydroxyl groups excluding tert-OH is 2. The van der Waals surface area contributed by atoms with Gasteiger partial charge in [0.15, 0.2) is 0 Å². The van der Waals surface area contributed by atoms with Crippen molar-refractivity contribution in [3.8, 4) is 0 Å². The molecule has 3 N–H and O–H groups in total. The maximum absolute atomic E-state index is 12.6. The molecular formula is C72H133NO3. The lowest BCUT2D eigenvalue weighted by molar-refractivity contribution is -0.123. The van der Waals surface area contributed by atoms with Gasteiger partial charge in [0.1, 0.15) is 0 Å². The van der Waals surface area contributed by atoms with E-state index >= 15 is 0 Å². The topological polar surface area (TPSA) is 69.6 Å². The van der Waals surface area contributed by atoms with Gasteiger partial charge >= 0.3 is 0 Å². The molecule has 2 atom stereocenters. The summed E-state index contributed by atoms with van der Waals surface area (Å²) in [5, 5.41) is 23.5. The van der Waals surface area contributed by atoms with Gasteiger partial charge in [0.05, 0.1) is 18.8 Å². The van der Waals surface area contributed by atoms with Crippen LogP contribution in [-0.2, 0) is 4.79 Å². The predicted molar refractivity (Wildman–Crippen MR) is 341 cm³/mol. The summed E-state index contributed by atoms with van der Waals surface area (Å²) in [5.41, 5.74) is 0. The van der Waals surface area contributed by atoms with Gasteiger partial charge in [-0.1, -0.05) is 363 Å². The van der Waals surface area contributed by atoms with E-state index in [1.54, 1.807) is 0 Å². The van der Waals surface area contributed by atoms with Crippen molar-refractivity contribution in [3.05, 3.63) is 72.9 Å². The van der Waals surface area contributed by atoms with E-state index in [1.165, 1.54) is 270 Å². The highest BCUT2D eigenvalue weighted by atomic mass is 16.3. The lowest BCUT2D eigenvalue weighted by Crippen LogP contribution is -2.45. The van der Waals surface area contributed by atoms with Gasteiger partial charge in [-0.25, -0.2) is 0 Å². The number of unbranched alkanes of at least 4 members (excludes halogenated alkanes) is 44. The first-order chi connectivity index (χ1) is 37.7. The number of allylic oxidation sites excluding steroid dienone is 12. The molecule has 444 valence electrons. The zero-order valence-electron chi connectivity index (χ0n) is 51.3. The number of rotatable bonds is 63. The van der Waals surface area contributed by atoms with Gasteiger partial charge in [-0.2, -0.15) is 0 Å². The van der Waals surface area contributed by atoms with E-state index in [2.05, 4.69) is 92.1 Å². The summed E-state index contributed by atoms with van der Waals surface area (Å²) in [6, 6.07) is -0.542. The molecule has 0 aliphatic heterocycles. The van der Waals surface area contributed by atoms with Crippen molar-refractivity contribution in [3.63, 3.8) is 0 Å². The first kappa shape index (κ1) is 73.8. The van der Waals surface area contributed by atoms with Crippen LogP contribution < -0.4 is 5.32 Å². The van der Waals surface area contributed by atoms with E-state index in [0.29, 0.717) is 12.8 Å². The van der Waals surface area contributed by atoms with E-state index in [9.17, 15) is 15.0 Å². The largest absolute Gasteiger partial charge is 0.394 e. The van der Waals surface area contributed by atoms with Crippen LogP contribution in [0.15, 0.2) is 72.9 Å². The second kappa shape index (κ2) is 67.1. The molecule has 0 aromatic carbocycles. The molecule has 76 heavy (non-hydrogen) atoms. The Morgan fingerprint density at radius 1 is 0.329 bits per heavy atom. The average molecular weight is 1060 g/mol. The quantitative estimate of drug-likeness (QED) is 0.0420. The number of amides is 1. The fourth-order valence-electron chi connectivity index (χ4n) is 10.6. The molecule has 0 aliphatic carbocycles. The van der Waals surface area contributed by atoms with Crippen molar-refractivity contribution < 1.29 is 15.0 Å². The Hall–Kier alpha value is -2.17. The summed E-state index contributed by atoms with van der Waals surface area (Å²) < 4.78 is 0. The van der Waals surface area contributed by atoms with Crippen LogP contribution in [0.5, 0.6) is 0 Å². The summed E-state index contributed by atoms with van der Waals surface area (Å²) >= 11 is 0. The molecule has 0 saturated carbocycles. The molecule has 0 aliphatic rings. The van der Waals surface area contributed by atoms with Crippen LogP contribution in [0.1, 0.15) is 361 Å². The molecule has 0 radical (unpaired) electrons. The van der Waals surface area contributed by atoms with Crippen LogP contribution in [-0.4, -0.2) is 34.9 Å². The average Bonchev–Trinajstić information content (AvgIpc) is 3.42. The summed E-state index contributed by atoms with van der Waals surface area (Å²) in [4.78, 5) is 12.6. The van der Waals surface area contributed by atoms with Gasteiger partial charge in [0, 0.05) is 6.42 Å². The van der Waals surface area contributed by atoms with Gasteiger partial charge in [-0.3, -0.25) is 4.79 Å². The van der Waals surface area contributed by atoms with Gasteiger partial charge in [-0.15, -0.1) is 0 Å². The van der Waals surface area contributed by atoms with Crippen LogP contribution in [0.4, 0.5) is 0 Å². The third kappa shape index (κ3) is 62.7. The summed E-state index contributed by atoms with van der Waals surface area (Å²) in [7, 11) is 0. The number of hydrogen-bond acceptors (Lipinski definition) is 3. The van der Waals surface area contributed by atoms with E-state index in [-0.39, 0.29) is 12.5 Å². The van der Waals surface area contributed by atoms with Gasteiger partial charge in [0.2, 0.25) is 5.91 Å². The zero-order chi connectivity index (χ0) is 54.8. The highest BCUT2D eigenvalue weighted by Crippen LogP contribution is 2.19. The van der Waals surface area contributed by atoms with Crippen molar-refractivity contribution in [1.82, 2.24) is 5.32 Å². The fraction of sp³-hybridized carbons (Fsp3) is 0.819. The molecule has 0 heterocycles. The highest BCUT2D eigenvalue weighted by Gasteiger charge is 2.20. The third-order valence-corrected chi connectivity index (χ3v) is 15.7. The molecule has 0 spiro atoms. The Bertz CT molecular complexity index is 1290. The van der Waals surface area contributed by atoms with E-state index in [1.807, 2.05) is 0 Å². The maximum atomic E-state index is 12.6. The van der Waals surface area contributed by atoms with Gasteiger partial charge < -0.3 is 15.5 Å². The van der Waals surface area contributed by atoms with Crippen LogP contribution in [0.25, 0.3) is 0 Å². The zero-order valence-corrected chi connectivity index (χ0v) is 51.3. The number of hydrogen-bond donors (Lipinski definition) is 3. The second-order valence-electron chi connectivity index (χ2n) is 23.2. The fourth-order valence-corrected chi connectivity index (χ4v) is 10.6. The van der Waals surface area contributed by atoms with Crippen molar-refractivity contribution in [2.75, 3.05) is 6.61 Å². The van der Waals surface area contributed by atoms with E-state index in [4.69, 9.17) is 0 Å². The Kier molecular flexibility index (Phi) is 65.2. The molecule has 2 unspecified atom stereocenters. The molecule has 4 nitrogen and oxygen atoms in total. The first-order valence-electron chi connectivity index (χ1n) is 34.1. The molecule has 0 rings (SSSR count). The molecule has 0 fully saturated rings. The summed E-state index contributed by atoms with van der Waals surface area (Å²) in [6.45, 7) is 4.28. The van der Waals surface area contributed by atoms with Crippen molar-refractivity contribution in [1.29, 1.82) is 0 Å². The normalized spacial score (nSPS) is 13.2. The van der Waals surface area contributed by atoms with Gasteiger partial charge in [0.25, 0.3) is 0 Å². The Morgan fingerprint density at radius 3 is 0.868 bits per heavy atom. The van der Waals surface area contributed by atoms with Crippen LogP contribution in [0, 0.1) is 0 Å². The molecule has 1 amide bonds. The van der Waals surface area contributed by atoms with Crippen LogP contribution in [0.2, 0.25) is 0 Å². The first-order valence-corrected chi connectivity index (χ1v) is 34.1. The number of aliphatic hydroxyl groups is 2. The van der Waals surface area contributed by atoms with Crippen molar-refractivity contribution in [2.24, 2.45) is 0 Å². The maximum Gasteiger partial charge on any atom is 0.220 e. The minimum absolute atomic E-state index is 0.0288. The number of carbonyl (C=O) groups excluding carboxylic acids is 1. The molecule has 0 bridgehead atoms. The Morgan fingerprint density at radius 2 is 0.579 bits per heavy atom. The standard InChI is InChI=1S/C72H133NO3/c1-3-5-7-9-11-13-15-17-19-21-23-25-27-29-31-33-35-36-38-40-42-44-46-48-50-52-54-56-58-60-62-64-66-68-72(76)73-70(69-74)71(75)67-65-63-61-59-57-55-53-51-49-47-45-43-41-39-37-34-32-30-28-26-24-22-20-18-16-14-12-10-8-6-4-2/h5,7,11,13,17,19,23,25,29,31,35-36,70-71,74-75H,3-4,6,8-10,12,14-16,18,20-22,24,26-28,30,32-34,37-69H2,1-2H3,(H,73,76)/b7-5-,13-11-,19-17-,25-23-,31-29-,36-35-. The van der Waals surface area contributed by atoms with E-state index < -0.39 is 12.1 Å².